The Hall–Kier alpha value is -1.46. The molecule has 4 nitrogen and oxygen atoms in total. The minimum absolute atomic E-state index is 0.163. The van der Waals surface area contributed by atoms with Gasteiger partial charge < -0.3 is 9.47 Å². The molecule has 100 valence electrons. The molecule has 0 heterocycles. The van der Waals surface area contributed by atoms with Gasteiger partial charge >= 0.3 is 5.97 Å². The lowest BCUT2D eigenvalue weighted by Gasteiger charge is -2.20. The summed E-state index contributed by atoms with van der Waals surface area (Å²) in [7, 11) is 2.94. The third-order valence-electron chi connectivity index (χ3n) is 2.49. The molecular formula is C13H18FNO3. The van der Waals surface area contributed by atoms with Crippen LogP contribution >= 0.6 is 0 Å². The molecule has 0 aliphatic carbocycles. The van der Waals surface area contributed by atoms with Crippen LogP contribution in [0.2, 0.25) is 0 Å². The Morgan fingerprint density at radius 2 is 2.17 bits per heavy atom. The largest absolute Gasteiger partial charge is 0.468 e. The van der Waals surface area contributed by atoms with Crippen molar-refractivity contribution in [2.75, 3.05) is 33.9 Å². The number of hydrogen-bond donors (Lipinski definition) is 0. The Labute approximate surface area is 106 Å². The van der Waals surface area contributed by atoms with Crippen LogP contribution < -0.4 is 0 Å². The van der Waals surface area contributed by atoms with Gasteiger partial charge in [0.05, 0.1) is 20.3 Å². The SMILES string of the molecule is COCCN(CC(=O)OC)Cc1cccc(F)c1. The van der Waals surface area contributed by atoms with E-state index in [0.29, 0.717) is 19.7 Å². The Morgan fingerprint density at radius 3 is 2.78 bits per heavy atom. The Kier molecular flexibility index (Phi) is 6.32. The number of carbonyl (C=O) groups excluding carboxylic acids is 1. The van der Waals surface area contributed by atoms with Gasteiger partial charge in [0.25, 0.3) is 0 Å². The molecule has 0 saturated carbocycles. The highest BCUT2D eigenvalue weighted by Gasteiger charge is 2.11. The summed E-state index contributed by atoms with van der Waals surface area (Å²) >= 11 is 0. The van der Waals surface area contributed by atoms with E-state index in [-0.39, 0.29) is 18.3 Å². The molecule has 0 radical (unpaired) electrons. The van der Waals surface area contributed by atoms with E-state index in [1.165, 1.54) is 19.2 Å². The van der Waals surface area contributed by atoms with E-state index in [4.69, 9.17) is 4.74 Å². The molecule has 0 atom stereocenters. The van der Waals surface area contributed by atoms with Crippen LogP contribution in [0.3, 0.4) is 0 Å². The van der Waals surface area contributed by atoms with Crippen molar-refractivity contribution in [3.05, 3.63) is 35.6 Å². The lowest BCUT2D eigenvalue weighted by molar-refractivity contribution is -0.142. The van der Waals surface area contributed by atoms with Crippen molar-refractivity contribution in [1.29, 1.82) is 0 Å². The zero-order chi connectivity index (χ0) is 13.4. The molecule has 5 heteroatoms. The number of nitrogens with zero attached hydrogens (tertiary/aromatic N) is 1. The highest BCUT2D eigenvalue weighted by molar-refractivity contribution is 5.71. The normalized spacial score (nSPS) is 10.7. The highest BCUT2D eigenvalue weighted by atomic mass is 19.1. The van der Waals surface area contributed by atoms with Gasteiger partial charge in [-0.3, -0.25) is 9.69 Å². The van der Waals surface area contributed by atoms with Crippen LogP contribution in [0, 0.1) is 5.82 Å². The van der Waals surface area contributed by atoms with Crippen molar-refractivity contribution >= 4 is 5.97 Å². The zero-order valence-electron chi connectivity index (χ0n) is 10.7. The molecule has 1 rings (SSSR count). The first kappa shape index (κ1) is 14.6. The molecular weight excluding hydrogens is 237 g/mol. The first-order chi connectivity index (χ1) is 8.65. The number of halogens is 1. The maximum atomic E-state index is 13.1. The van der Waals surface area contributed by atoms with Crippen molar-refractivity contribution < 1.29 is 18.7 Å². The predicted octanol–water partition coefficient (Wildman–Crippen LogP) is 1.45. The molecule has 18 heavy (non-hydrogen) atoms. The molecule has 0 spiro atoms. The molecule has 0 fully saturated rings. The van der Waals surface area contributed by atoms with Crippen molar-refractivity contribution in [3.63, 3.8) is 0 Å². The molecule has 1 aromatic rings. The third-order valence-corrected chi connectivity index (χ3v) is 2.49. The maximum absolute atomic E-state index is 13.1. The fraction of sp³-hybridized carbons (Fsp3) is 0.462. The number of hydrogen-bond acceptors (Lipinski definition) is 4. The van der Waals surface area contributed by atoms with Gasteiger partial charge in [-0.25, -0.2) is 4.39 Å². The summed E-state index contributed by atoms with van der Waals surface area (Å²) in [5.74, 6) is -0.597. The van der Waals surface area contributed by atoms with Gasteiger partial charge in [-0.1, -0.05) is 12.1 Å². The van der Waals surface area contributed by atoms with E-state index >= 15 is 0 Å². The van der Waals surface area contributed by atoms with Crippen LogP contribution in [0.5, 0.6) is 0 Å². The van der Waals surface area contributed by atoms with Crippen molar-refractivity contribution in [3.8, 4) is 0 Å². The quantitative estimate of drug-likeness (QED) is 0.691. The summed E-state index contributed by atoms with van der Waals surface area (Å²) in [5.41, 5.74) is 0.815. The van der Waals surface area contributed by atoms with Gasteiger partial charge in [0.15, 0.2) is 0 Å². The maximum Gasteiger partial charge on any atom is 0.319 e. The van der Waals surface area contributed by atoms with Crippen LogP contribution in [0.25, 0.3) is 0 Å². The van der Waals surface area contributed by atoms with Gasteiger partial charge in [-0.2, -0.15) is 0 Å². The second-order valence-corrected chi connectivity index (χ2v) is 3.91. The van der Waals surface area contributed by atoms with E-state index in [0.717, 1.165) is 5.56 Å². The molecule has 0 aliphatic rings. The van der Waals surface area contributed by atoms with E-state index in [1.54, 1.807) is 13.2 Å². The summed E-state index contributed by atoms with van der Waals surface area (Å²) in [6.45, 7) is 1.74. The first-order valence-corrected chi connectivity index (χ1v) is 5.68. The van der Waals surface area contributed by atoms with Gasteiger partial charge in [-0.05, 0) is 17.7 Å². The van der Waals surface area contributed by atoms with Crippen molar-refractivity contribution in [2.24, 2.45) is 0 Å². The summed E-state index contributed by atoms with van der Waals surface area (Å²) in [6, 6.07) is 6.32. The Morgan fingerprint density at radius 1 is 1.39 bits per heavy atom. The minimum Gasteiger partial charge on any atom is -0.468 e. The summed E-state index contributed by atoms with van der Waals surface area (Å²) in [5, 5.41) is 0. The van der Waals surface area contributed by atoms with Crippen molar-refractivity contribution in [1.82, 2.24) is 4.90 Å². The van der Waals surface area contributed by atoms with Crippen LogP contribution in [-0.2, 0) is 20.8 Å². The Balaban J connectivity index is 2.62. The van der Waals surface area contributed by atoms with Gasteiger partial charge in [0.1, 0.15) is 5.82 Å². The highest BCUT2D eigenvalue weighted by Crippen LogP contribution is 2.07. The van der Waals surface area contributed by atoms with Gasteiger partial charge in [0.2, 0.25) is 0 Å². The average molecular weight is 255 g/mol. The van der Waals surface area contributed by atoms with Gasteiger partial charge in [0, 0.05) is 20.2 Å². The second kappa shape index (κ2) is 7.79. The second-order valence-electron chi connectivity index (χ2n) is 3.91. The van der Waals surface area contributed by atoms with Crippen LogP contribution in [0.4, 0.5) is 4.39 Å². The number of carbonyl (C=O) groups is 1. The lowest BCUT2D eigenvalue weighted by atomic mass is 10.2. The lowest BCUT2D eigenvalue weighted by Crippen LogP contribution is -2.32. The monoisotopic (exact) mass is 255 g/mol. The fourth-order valence-electron chi connectivity index (χ4n) is 1.58. The number of rotatable bonds is 7. The molecule has 0 saturated heterocycles. The smallest absolute Gasteiger partial charge is 0.319 e. The van der Waals surface area contributed by atoms with Crippen LogP contribution in [0.1, 0.15) is 5.56 Å². The van der Waals surface area contributed by atoms with Crippen molar-refractivity contribution in [2.45, 2.75) is 6.54 Å². The molecule has 0 N–H and O–H groups in total. The van der Waals surface area contributed by atoms with Crippen LogP contribution in [-0.4, -0.2) is 44.8 Å². The summed E-state index contributed by atoms with van der Waals surface area (Å²) in [6.07, 6.45) is 0. The summed E-state index contributed by atoms with van der Waals surface area (Å²) in [4.78, 5) is 13.1. The minimum atomic E-state index is -0.317. The molecule has 0 bridgehead atoms. The topological polar surface area (TPSA) is 38.8 Å². The average Bonchev–Trinajstić information content (AvgIpc) is 2.35. The number of benzene rings is 1. The van der Waals surface area contributed by atoms with E-state index in [9.17, 15) is 9.18 Å². The standard InChI is InChI=1S/C13H18FNO3/c1-17-7-6-15(10-13(16)18-2)9-11-4-3-5-12(14)8-11/h3-5,8H,6-7,9-10H2,1-2H3. The predicted molar refractivity (Wildman–Crippen MR) is 65.6 cm³/mol. The van der Waals surface area contributed by atoms with Gasteiger partial charge in [-0.15, -0.1) is 0 Å². The molecule has 0 amide bonds. The molecule has 0 aliphatic heterocycles. The number of esters is 1. The Bertz CT molecular complexity index is 384. The van der Waals surface area contributed by atoms with E-state index < -0.39 is 0 Å². The molecule has 0 aromatic heterocycles. The number of ether oxygens (including phenoxy) is 2. The van der Waals surface area contributed by atoms with Crippen LogP contribution in [0.15, 0.2) is 24.3 Å². The first-order valence-electron chi connectivity index (χ1n) is 5.68. The zero-order valence-corrected chi connectivity index (χ0v) is 10.7. The fourth-order valence-corrected chi connectivity index (χ4v) is 1.58. The third kappa shape index (κ3) is 5.25. The molecule has 1 aromatic carbocycles. The molecule has 0 unspecified atom stereocenters. The van der Waals surface area contributed by atoms with E-state index in [2.05, 4.69) is 4.74 Å². The summed E-state index contributed by atoms with van der Waals surface area (Å²) < 4.78 is 22.7. The van der Waals surface area contributed by atoms with E-state index in [1.807, 2.05) is 11.0 Å². The number of methoxy groups -OCH3 is 2.